The molecule has 0 aliphatic heterocycles. The van der Waals surface area contributed by atoms with Gasteiger partial charge >= 0.3 is 5.69 Å². The van der Waals surface area contributed by atoms with Crippen LogP contribution < -0.4 is 11.0 Å². The lowest BCUT2D eigenvalue weighted by Gasteiger charge is -2.06. The number of aromatic nitrogens is 3. The van der Waals surface area contributed by atoms with Crippen molar-refractivity contribution in [3.63, 3.8) is 0 Å². The topological polar surface area (TPSA) is 62.7 Å². The number of nitrogens with one attached hydrogen (secondary N) is 2. The van der Waals surface area contributed by atoms with Crippen LogP contribution in [0.1, 0.15) is 5.56 Å². The summed E-state index contributed by atoms with van der Waals surface area (Å²) >= 11 is 7.56. The number of rotatable bonds is 4. The summed E-state index contributed by atoms with van der Waals surface area (Å²) in [6, 6.07) is 5.80. The summed E-state index contributed by atoms with van der Waals surface area (Å²) in [6.45, 7) is 0.727. The van der Waals surface area contributed by atoms with Crippen LogP contribution in [0.15, 0.2) is 33.0 Å². The molecule has 96 valence electrons. The van der Waals surface area contributed by atoms with E-state index in [2.05, 4.69) is 15.5 Å². The van der Waals surface area contributed by atoms with Crippen LogP contribution >= 0.6 is 23.4 Å². The third-order valence-electron chi connectivity index (χ3n) is 2.44. The Kier molecular flexibility index (Phi) is 4.11. The molecule has 2 rings (SSSR count). The predicted octanol–water partition coefficient (Wildman–Crippen LogP) is 1.63. The third-order valence-corrected chi connectivity index (χ3v) is 3.83. The predicted molar refractivity (Wildman–Crippen MR) is 72.2 cm³/mol. The van der Waals surface area contributed by atoms with Crippen molar-refractivity contribution < 1.29 is 0 Å². The smallest absolute Gasteiger partial charge is 0.316 e. The van der Waals surface area contributed by atoms with Gasteiger partial charge in [-0.25, -0.2) is 9.89 Å². The second kappa shape index (κ2) is 5.60. The molecule has 0 unspecified atom stereocenters. The maximum Gasteiger partial charge on any atom is 0.343 e. The lowest BCUT2D eigenvalue weighted by molar-refractivity contribution is 0.766. The van der Waals surface area contributed by atoms with Crippen LogP contribution in [-0.4, -0.2) is 21.8 Å². The molecule has 0 saturated carbocycles. The molecule has 1 aromatic heterocycles. The van der Waals surface area contributed by atoms with E-state index in [0.717, 1.165) is 17.0 Å². The van der Waals surface area contributed by atoms with Gasteiger partial charge in [-0.3, -0.25) is 4.57 Å². The minimum absolute atomic E-state index is 0.226. The van der Waals surface area contributed by atoms with Gasteiger partial charge in [0, 0.05) is 23.5 Å². The number of hydrogen-bond donors (Lipinski definition) is 2. The van der Waals surface area contributed by atoms with E-state index in [1.165, 1.54) is 16.3 Å². The Morgan fingerprint density at radius 1 is 1.56 bits per heavy atom. The van der Waals surface area contributed by atoms with E-state index < -0.39 is 0 Å². The maximum atomic E-state index is 11.2. The van der Waals surface area contributed by atoms with Gasteiger partial charge in [-0.1, -0.05) is 17.7 Å². The maximum absolute atomic E-state index is 11.2. The van der Waals surface area contributed by atoms with Crippen molar-refractivity contribution in [1.82, 2.24) is 20.1 Å². The fourth-order valence-electron chi connectivity index (χ4n) is 1.45. The molecule has 0 fully saturated rings. The SMILES string of the molecule is CNCc1ccc(Sc2n[nH]c(=O)n2C)cc1Cl. The van der Waals surface area contributed by atoms with Gasteiger partial charge in [0.15, 0.2) is 5.16 Å². The Labute approximate surface area is 114 Å². The van der Waals surface area contributed by atoms with E-state index in [1.54, 1.807) is 7.05 Å². The third kappa shape index (κ3) is 2.77. The summed E-state index contributed by atoms with van der Waals surface area (Å²) in [7, 11) is 3.55. The van der Waals surface area contributed by atoms with Crippen molar-refractivity contribution in [2.24, 2.45) is 7.05 Å². The first kappa shape index (κ1) is 13.2. The van der Waals surface area contributed by atoms with Crippen molar-refractivity contribution >= 4 is 23.4 Å². The van der Waals surface area contributed by atoms with Crippen LogP contribution in [0.5, 0.6) is 0 Å². The van der Waals surface area contributed by atoms with Crippen LogP contribution in [0.2, 0.25) is 5.02 Å². The first-order valence-electron chi connectivity index (χ1n) is 5.34. The number of benzene rings is 1. The lowest BCUT2D eigenvalue weighted by Crippen LogP contribution is -2.12. The molecule has 0 atom stereocenters. The van der Waals surface area contributed by atoms with Gasteiger partial charge in [0.1, 0.15) is 0 Å². The van der Waals surface area contributed by atoms with E-state index >= 15 is 0 Å². The van der Waals surface area contributed by atoms with Crippen molar-refractivity contribution in [2.75, 3.05) is 7.05 Å². The quantitative estimate of drug-likeness (QED) is 0.896. The molecule has 0 aliphatic carbocycles. The standard InChI is InChI=1S/C11H13ClN4OS/c1-13-6-7-3-4-8(5-9(7)12)18-11-15-14-10(17)16(11)2/h3-5,13H,6H2,1-2H3,(H,14,17). The van der Waals surface area contributed by atoms with E-state index in [9.17, 15) is 4.79 Å². The average Bonchev–Trinajstić information content (AvgIpc) is 2.65. The molecule has 2 N–H and O–H groups in total. The van der Waals surface area contributed by atoms with Crippen LogP contribution in [0.25, 0.3) is 0 Å². The average molecular weight is 285 g/mol. The largest absolute Gasteiger partial charge is 0.343 e. The van der Waals surface area contributed by atoms with Gasteiger partial charge in [-0.15, -0.1) is 5.10 Å². The highest BCUT2D eigenvalue weighted by Crippen LogP contribution is 2.28. The molecule has 0 spiro atoms. The van der Waals surface area contributed by atoms with E-state index in [-0.39, 0.29) is 5.69 Å². The molecular formula is C11H13ClN4OS. The summed E-state index contributed by atoms with van der Waals surface area (Å²) in [5, 5.41) is 10.7. The molecule has 7 heteroatoms. The molecule has 0 amide bonds. The first-order chi connectivity index (χ1) is 8.61. The highest BCUT2D eigenvalue weighted by Gasteiger charge is 2.08. The van der Waals surface area contributed by atoms with Gasteiger partial charge in [-0.05, 0) is 36.5 Å². The van der Waals surface area contributed by atoms with Crippen molar-refractivity contribution in [2.45, 2.75) is 16.6 Å². The van der Waals surface area contributed by atoms with E-state index in [0.29, 0.717) is 10.2 Å². The van der Waals surface area contributed by atoms with Crippen LogP contribution in [-0.2, 0) is 13.6 Å². The second-order valence-electron chi connectivity index (χ2n) is 3.76. The summed E-state index contributed by atoms with van der Waals surface area (Å²) in [5.41, 5.74) is 0.815. The number of aromatic amines is 1. The van der Waals surface area contributed by atoms with Gasteiger partial charge in [0.25, 0.3) is 0 Å². The molecule has 18 heavy (non-hydrogen) atoms. The number of H-pyrrole nitrogens is 1. The Balaban J connectivity index is 2.22. The monoisotopic (exact) mass is 284 g/mol. The minimum Gasteiger partial charge on any atom is -0.316 e. The van der Waals surface area contributed by atoms with Crippen molar-refractivity contribution in [1.29, 1.82) is 0 Å². The fraction of sp³-hybridized carbons (Fsp3) is 0.273. The van der Waals surface area contributed by atoms with Gasteiger partial charge in [0.2, 0.25) is 0 Å². The molecule has 0 saturated heterocycles. The van der Waals surface area contributed by atoms with Gasteiger partial charge in [0.05, 0.1) is 0 Å². The Morgan fingerprint density at radius 3 is 2.89 bits per heavy atom. The second-order valence-corrected chi connectivity index (χ2v) is 5.20. The van der Waals surface area contributed by atoms with Gasteiger partial charge in [-0.2, -0.15) is 0 Å². The molecular weight excluding hydrogens is 272 g/mol. The summed E-state index contributed by atoms with van der Waals surface area (Å²) in [4.78, 5) is 12.2. The zero-order valence-corrected chi connectivity index (χ0v) is 11.6. The minimum atomic E-state index is -0.226. The number of nitrogens with zero attached hydrogens (tertiary/aromatic N) is 2. The van der Waals surface area contributed by atoms with Crippen molar-refractivity contribution in [3.8, 4) is 0 Å². The van der Waals surface area contributed by atoms with E-state index in [1.807, 2.05) is 25.2 Å². The molecule has 0 aliphatic rings. The lowest BCUT2D eigenvalue weighted by atomic mass is 10.2. The summed E-state index contributed by atoms with van der Waals surface area (Å²) in [6.07, 6.45) is 0. The van der Waals surface area contributed by atoms with Crippen LogP contribution in [0.3, 0.4) is 0 Å². The van der Waals surface area contributed by atoms with Gasteiger partial charge < -0.3 is 5.32 Å². The normalized spacial score (nSPS) is 10.8. The highest BCUT2D eigenvalue weighted by atomic mass is 35.5. The highest BCUT2D eigenvalue weighted by molar-refractivity contribution is 7.99. The Morgan fingerprint density at radius 2 is 2.33 bits per heavy atom. The molecule has 1 heterocycles. The number of hydrogen-bond acceptors (Lipinski definition) is 4. The Hall–Kier alpha value is -1.24. The van der Waals surface area contributed by atoms with E-state index in [4.69, 9.17) is 11.6 Å². The Bertz CT molecular complexity index is 607. The zero-order chi connectivity index (χ0) is 13.1. The molecule has 2 aromatic rings. The molecule has 0 radical (unpaired) electrons. The fourth-order valence-corrected chi connectivity index (χ4v) is 2.60. The molecule has 0 bridgehead atoms. The first-order valence-corrected chi connectivity index (χ1v) is 6.53. The van der Waals surface area contributed by atoms with Crippen LogP contribution in [0.4, 0.5) is 0 Å². The zero-order valence-electron chi connectivity index (χ0n) is 10.0. The molecule has 5 nitrogen and oxygen atoms in total. The number of halogens is 1. The van der Waals surface area contributed by atoms with Crippen LogP contribution in [0, 0.1) is 0 Å². The van der Waals surface area contributed by atoms with Crippen molar-refractivity contribution in [3.05, 3.63) is 39.3 Å². The summed E-state index contributed by atoms with van der Waals surface area (Å²) in [5.74, 6) is 0. The summed E-state index contributed by atoms with van der Waals surface area (Å²) < 4.78 is 1.46. The molecule has 1 aromatic carbocycles.